The number of carboxylic acids is 1. The van der Waals surface area contributed by atoms with Gasteiger partial charge in [-0.2, -0.15) is 0 Å². The quantitative estimate of drug-likeness (QED) is 0.199. The minimum absolute atomic E-state index is 0.188. The molecule has 33 heavy (non-hydrogen) atoms. The zero-order valence-electron chi connectivity index (χ0n) is 20.8. The summed E-state index contributed by atoms with van der Waals surface area (Å²) >= 11 is 0. The largest absolute Gasteiger partial charge is 0.478 e. The first-order chi connectivity index (χ1) is 15.3. The smallest absolute Gasteiger partial charge is 0.333 e. The Morgan fingerprint density at radius 2 is 1.42 bits per heavy atom. The van der Waals surface area contributed by atoms with Crippen LogP contribution in [0.2, 0.25) is 0 Å². The summed E-state index contributed by atoms with van der Waals surface area (Å²) in [4.78, 5) is 44.2. The van der Waals surface area contributed by atoms with Gasteiger partial charge in [0, 0.05) is 29.3 Å². The molecule has 0 aromatic heterocycles. The number of rotatable bonds is 12. The number of carboxylic acid groups (broad SMARTS) is 1. The fourth-order valence-corrected chi connectivity index (χ4v) is 1.41. The maximum absolute atomic E-state index is 11.3. The number of hydrogen-bond donors (Lipinski definition) is 1. The third-order valence-electron chi connectivity index (χ3n) is 3.30. The van der Waals surface area contributed by atoms with Crippen molar-refractivity contribution in [2.45, 2.75) is 40.0 Å². The monoisotopic (exact) mass is 469 g/mol. The van der Waals surface area contributed by atoms with E-state index < -0.39 is 11.9 Å². The molecule has 0 atom stereocenters. The molecule has 188 valence electrons. The van der Waals surface area contributed by atoms with Crippen LogP contribution < -0.4 is 0 Å². The molecule has 0 aliphatic heterocycles. The van der Waals surface area contributed by atoms with Gasteiger partial charge in [0.1, 0.15) is 6.61 Å². The Balaban J connectivity index is -0.000000451. The summed E-state index contributed by atoms with van der Waals surface area (Å²) < 4.78 is 14.0. The van der Waals surface area contributed by atoms with E-state index in [-0.39, 0.29) is 23.9 Å². The third-order valence-corrected chi connectivity index (χ3v) is 3.30. The second-order valence-electron chi connectivity index (χ2n) is 7.03. The van der Waals surface area contributed by atoms with E-state index in [9.17, 15) is 19.2 Å². The Labute approximate surface area is 197 Å². The van der Waals surface area contributed by atoms with Crippen molar-refractivity contribution in [3.63, 3.8) is 0 Å². The molecule has 0 amide bonds. The van der Waals surface area contributed by atoms with E-state index in [0.29, 0.717) is 30.9 Å². The first-order valence-corrected chi connectivity index (χ1v) is 10.3. The van der Waals surface area contributed by atoms with Crippen molar-refractivity contribution in [2.75, 3.05) is 41.0 Å². The Morgan fingerprint density at radius 3 is 1.79 bits per heavy atom. The van der Waals surface area contributed by atoms with Crippen molar-refractivity contribution in [3.8, 4) is 0 Å². The Hall–Kier alpha value is -3.20. The average molecular weight is 470 g/mol. The number of likely N-dealkylation sites (N-methyl/N-ethyl adjacent to an activating group) is 1. The Morgan fingerprint density at radius 1 is 0.909 bits per heavy atom. The van der Waals surface area contributed by atoms with Crippen LogP contribution in [0.4, 0.5) is 0 Å². The number of methoxy groups -OCH3 is 1. The first-order valence-electron chi connectivity index (χ1n) is 10.3. The molecule has 0 saturated carbocycles. The Bertz CT molecular complexity index is 693. The van der Waals surface area contributed by atoms with E-state index in [4.69, 9.17) is 14.6 Å². The summed E-state index contributed by atoms with van der Waals surface area (Å²) in [5, 5.41) is 8.33. The number of carbonyl (C=O) groups is 4. The Kier molecular flexibility index (Phi) is 23.0. The molecule has 0 rings (SSSR count). The molecule has 0 aliphatic rings. The van der Waals surface area contributed by atoms with Crippen LogP contribution in [0.1, 0.15) is 40.0 Å². The molecule has 9 nitrogen and oxygen atoms in total. The lowest BCUT2D eigenvalue weighted by Gasteiger charge is -2.10. The van der Waals surface area contributed by atoms with Crippen LogP contribution in [0.15, 0.2) is 48.6 Å². The lowest BCUT2D eigenvalue weighted by Crippen LogP contribution is -2.20. The SMILES string of the molecule is C=C(C)C(=O)OC.C=C(C)C(=O)OCCCC.C=C(CC=CC(=O)O)C(=O)OCCN(C)C. The van der Waals surface area contributed by atoms with E-state index >= 15 is 0 Å². The van der Waals surface area contributed by atoms with Crippen molar-refractivity contribution in [3.05, 3.63) is 48.6 Å². The lowest BCUT2D eigenvalue weighted by atomic mass is 10.2. The fraction of sp³-hybridized carbons (Fsp3) is 0.500. The van der Waals surface area contributed by atoms with Gasteiger partial charge in [0.15, 0.2) is 0 Å². The lowest BCUT2D eigenvalue weighted by molar-refractivity contribution is -0.140. The van der Waals surface area contributed by atoms with Gasteiger partial charge >= 0.3 is 23.9 Å². The van der Waals surface area contributed by atoms with Crippen LogP contribution in [-0.4, -0.2) is 74.8 Å². The van der Waals surface area contributed by atoms with Crippen LogP contribution >= 0.6 is 0 Å². The molecule has 9 heteroatoms. The number of hydrogen-bond acceptors (Lipinski definition) is 8. The number of unbranched alkanes of at least 4 members (excludes halogenated alkanes) is 1. The van der Waals surface area contributed by atoms with Crippen LogP contribution in [-0.2, 0) is 33.4 Å². The zero-order valence-corrected chi connectivity index (χ0v) is 20.8. The van der Waals surface area contributed by atoms with Crippen molar-refractivity contribution in [2.24, 2.45) is 0 Å². The predicted molar refractivity (Wildman–Crippen MR) is 128 cm³/mol. The number of ether oxygens (including phenoxy) is 3. The summed E-state index contributed by atoms with van der Waals surface area (Å²) in [7, 11) is 5.08. The van der Waals surface area contributed by atoms with Gasteiger partial charge in [0.25, 0.3) is 0 Å². The predicted octanol–water partition coefficient (Wildman–Crippen LogP) is 3.32. The minimum atomic E-state index is -1.05. The van der Waals surface area contributed by atoms with Crippen molar-refractivity contribution < 1.29 is 38.5 Å². The molecule has 0 unspecified atom stereocenters. The average Bonchev–Trinajstić information content (AvgIpc) is 2.73. The van der Waals surface area contributed by atoms with E-state index in [2.05, 4.69) is 31.4 Å². The van der Waals surface area contributed by atoms with Crippen molar-refractivity contribution in [1.29, 1.82) is 0 Å². The van der Waals surface area contributed by atoms with E-state index in [1.54, 1.807) is 13.8 Å². The molecule has 0 bridgehead atoms. The number of aliphatic carboxylic acids is 1. The van der Waals surface area contributed by atoms with Crippen LogP contribution in [0.5, 0.6) is 0 Å². The summed E-state index contributed by atoms with van der Waals surface area (Å²) in [6, 6.07) is 0. The number of esters is 3. The molecule has 0 saturated heterocycles. The molecule has 0 heterocycles. The molecule has 0 radical (unpaired) electrons. The van der Waals surface area contributed by atoms with Crippen molar-refractivity contribution in [1.82, 2.24) is 4.90 Å². The van der Waals surface area contributed by atoms with Crippen LogP contribution in [0.3, 0.4) is 0 Å². The molecule has 0 aliphatic carbocycles. The number of carbonyl (C=O) groups excluding carboxylic acids is 3. The van der Waals surface area contributed by atoms with Gasteiger partial charge in [-0.1, -0.05) is 39.2 Å². The highest BCUT2D eigenvalue weighted by Gasteiger charge is 2.06. The summed E-state index contributed by atoms with van der Waals surface area (Å²) in [6.45, 7) is 17.1. The van der Waals surface area contributed by atoms with Crippen molar-refractivity contribution >= 4 is 23.9 Å². The highest BCUT2D eigenvalue weighted by molar-refractivity contribution is 5.88. The van der Waals surface area contributed by atoms with E-state index in [1.165, 1.54) is 13.2 Å². The summed E-state index contributed by atoms with van der Waals surface area (Å²) in [5.74, 6) is -2.17. The van der Waals surface area contributed by atoms with Gasteiger partial charge in [-0.3, -0.25) is 0 Å². The second kappa shape index (κ2) is 22.0. The maximum Gasteiger partial charge on any atom is 0.333 e. The number of allylic oxidation sites excluding steroid dienone is 1. The molecule has 0 aromatic rings. The number of nitrogens with zero attached hydrogens (tertiary/aromatic N) is 1. The molecule has 0 aromatic carbocycles. The molecule has 0 fully saturated rings. The van der Waals surface area contributed by atoms with Crippen LogP contribution in [0.25, 0.3) is 0 Å². The van der Waals surface area contributed by atoms with E-state index in [1.807, 2.05) is 19.0 Å². The molecular weight excluding hydrogens is 430 g/mol. The van der Waals surface area contributed by atoms with Gasteiger partial charge in [0.2, 0.25) is 0 Å². The molecule has 1 N–H and O–H groups in total. The normalized spacial score (nSPS) is 9.55. The molecule has 0 spiro atoms. The van der Waals surface area contributed by atoms with Gasteiger partial charge in [-0.25, -0.2) is 19.2 Å². The second-order valence-corrected chi connectivity index (χ2v) is 7.03. The first kappa shape index (κ1) is 34.4. The molecular formula is C24H39NO8. The summed E-state index contributed by atoms with van der Waals surface area (Å²) in [5.41, 5.74) is 1.15. The van der Waals surface area contributed by atoms with E-state index in [0.717, 1.165) is 18.9 Å². The standard InChI is InChI=1S/C11H17NO4.C8H14O2.C5H8O2/c1-9(5-4-6-10(13)14)11(15)16-8-7-12(2)3;1-4-5-6-10-8(9)7(2)3;1-4(2)5(6)7-3/h4,6H,1,5,7-8H2,2-3H3,(H,13,14);2,4-6H2,1,3H3;1H2,2-3H3. The zero-order chi connectivity index (χ0) is 26.4. The van der Waals surface area contributed by atoms with Gasteiger partial charge < -0.3 is 24.2 Å². The highest BCUT2D eigenvalue weighted by Crippen LogP contribution is 2.02. The topological polar surface area (TPSA) is 119 Å². The minimum Gasteiger partial charge on any atom is -0.478 e. The maximum atomic E-state index is 11.3. The highest BCUT2D eigenvalue weighted by atomic mass is 16.5. The van der Waals surface area contributed by atoms with Gasteiger partial charge in [-0.15, -0.1) is 0 Å². The fourth-order valence-electron chi connectivity index (χ4n) is 1.41. The summed E-state index contributed by atoms with van der Waals surface area (Å²) in [6.07, 6.45) is 4.49. The van der Waals surface area contributed by atoms with Gasteiger partial charge in [-0.05, 0) is 40.8 Å². The van der Waals surface area contributed by atoms with Crippen LogP contribution in [0, 0.1) is 0 Å². The van der Waals surface area contributed by atoms with Gasteiger partial charge in [0.05, 0.1) is 13.7 Å². The third kappa shape index (κ3) is 26.8.